The van der Waals surface area contributed by atoms with Gasteiger partial charge in [0.25, 0.3) is 26.9 Å². The SMILES string of the molecule is CC(C)(C)c1ccc2c(c1)B1c3cc4c(cc3N(c3ccccc3)c3cccc(c31)N2c1ccccc1)N(c1ccccc1)c1cc2c3c5c1B4c1cc(C(C)(C)C)cc4c1N5c1c(cc(C(C)(C)C)cc1B3c1cc3c(cc1N2c1ccccc1)N(c1ccccc1)c1cccc2c1B3c1cc(C(C)(C)C)ccc1N2c1ccccc1)O4. The van der Waals surface area contributed by atoms with Crippen LogP contribution in [0.3, 0.4) is 0 Å². The second kappa shape index (κ2) is 24.3. The topological polar surface area (TPSA) is 31.9 Å². The van der Waals surface area contributed by atoms with Gasteiger partial charge in [0.05, 0.1) is 11.4 Å². The highest BCUT2D eigenvalue weighted by atomic mass is 16.5. The highest BCUT2D eigenvalue weighted by molar-refractivity contribution is 7.07. The summed E-state index contributed by atoms with van der Waals surface area (Å²) in [5, 5.41) is 0. The number of hydrogen-bond donors (Lipinski definition) is 0. The summed E-state index contributed by atoms with van der Waals surface area (Å²) in [6.07, 6.45) is 0. The van der Waals surface area contributed by atoms with Crippen molar-refractivity contribution in [3.05, 3.63) is 332 Å². The van der Waals surface area contributed by atoms with Crippen LogP contribution in [-0.2, 0) is 21.7 Å². The Bertz CT molecular complexity index is 6430. The van der Waals surface area contributed by atoms with E-state index in [9.17, 15) is 0 Å². The normalized spacial score (nSPS) is 14.8. The van der Waals surface area contributed by atoms with Gasteiger partial charge in [0, 0.05) is 108 Å². The van der Waals surface area contributed by atoms with Gasteiger partial charge in [-0.1, -0.05) is 253 Å². The molecule has 12 heteroatoms. The highest BCUT2D eigenvalue weighted by Crippen LogP contribution is 2.59. The van der Waals surface area contributed by atoms with Crippen LogP contribution in [0.15, 0.2) is 309 Å². The number of fused-ring (bicyclic) bond motifs is 14. The van der Waals surface area contributed by atoms with Crippen molar-refractivity contribution in [2.75, 3.05) is 34.3 Å². The molecule has 8 nitrogen and oxygen atoms in total. The van der Waals surface area contributed by atoms with Gasteiger partial charge in [0.1, 0.15) is 0 Å². The lowest BCUT2D eigenvalue weighted by Crippen LogP contribution is -2.70. The number of para-hydroxylation sites is 6. The zero-order chi connectivity index (χ0) is 79.6. The molecule has 9 heterocycles. The molecule has 0 spiro atoms. The van der Waals surface area contributed by atoms with E-state index in [1.54, 1.807) is 0 Å². The maximum absolute atomic E-state index is 8.02. The second-order valence-electron chi connectivity index (χ2n) is 38.0. The van der Waals surface area contributed by atoms with Crippen LogP contribution in [0.2, 0.25) is 0 Å². The maximum atomic E-state index is 8.02. The van der Waals surface area contributed by atoms with Crippen LogP contribution < -0.4 is 105 Å². The number of nitrogens with zero attached hydrogens (tertiary/aromatic N) is 7. The third kappa shape index (κ3) is 9.65. The van der Waals surface area contributed by atoms with E-state index < -0.39 is 0 Å². The van der Waals surface area contributed by atoms with Gasteiger partial charge < -0.3 is 39.0 Å². The van der Waals surface area contributed by atoms with Crippen molar-refractivity contribution in [2.45, 2.75) is 105 Å². The number of anilines is 21. The number of ether oxygens (including phenoxy) is 1. The van der Waals surface area contributed by atoms with Crippen molar-refractivity contribution in [2.24, 2.45) is 0 Å². The molecule has 9 aliphatic heterocycles. The van der Waals surface area contributed by atoms with E-state index in [1.165, 1.54) is 128 Å². The van der Waals surface area contributed by atoms with E-state index in [1.807, 2.05) is 0 Å². The van der Waals surface area contributed by atoms with Crippen LogP contribution in [0.1, 0.15) is 105 Å². The van der Waals surface area contributed by atoms with E-state index in [4.69, 9.17) is 4.74 Å². The van der Waals surface area contributed by atoms with Crippen molar-refractivity contribution in [3.8, 4) is 11.5 Å². The molecule has 24 rings (SSSR count). The first kappa shape index (κ1) is 69.3. The molecule has 15 aromatic rings. The molecule has 564 valence electrons. The summed E-state index contributed by atoms with van der Waals surface area (Å²) in [4.78, 5) is 18.4. The van der Waals surface area contributed by atoms with E-state index in [2.05, 4.69) is 427 Å². The Kier molecular flexibility index (Phi) is 14.3. The van der Waals surface area contributed by atoms with Crippen molar-refractivity contribution >= 4 is 212 Å². The van der Waals surface area contributed by atoms with Crippen LogP contribution in [0, 0.1) is 0 Å². The largest absolute Gasteiger partial charge is 0.453 e. The second-order valence-corrected chi connectivity index (χ2v) is 38.0. The lowest BCUT2D eigenvalue weighted by Gasteiger charge is -2.53. The number of benzene rings is 15. The molecule has 0 unspecified atom stereocenters. The molecule has 0 aromatic heterocycles. The summed E-state index contributed by atoms with van der Waals surface area (Å²) >= 11 is 0. The number of hydrogen-bond acceptors (Lipinski definition) is 8. The van der Waals surface area contributed by atoms with Crippen LogP contribution in [0.4, 0.5) is 119 Å². The molecular weight excluding hydrogens is 1430 g/mol. The molecule has 0 atom stereocenters. The molecule has 0 saturated carbocycles. The van der Waals surface area contributed by atoms with Gasteiger partial charge in [0.15, 0.2) is 11.5 Å². The minimum Gasteiger partial charge on any atom is -0.453 e. The fraction of sp³-hybridized carbons (Fsp3) is 0.151. The summed E-state index contributed by atoms with van der Waals surface area (Å²) in [6.45, 7) is 27.5. The van der Waals surface area contributed by atoms with E-state index in [0.717, 1.165) is 91.1 Å². The van der Waals surface area contributed by atoms with Gasteiger partial charge in [-0.25, -0.2) is 0 Å². The van der Waals surface area contributed by atoms with Gasteiger partial charge >= 0.3 is 0 Å². The first-order valence-electron chi connectivity index (χ1n) is 42.2. The Morgan fingerprint density at radius 2 is 0.441 bits per heavy atom. The Balaban J connectivity index is 0.843. The Labute approximate surface area is 694 Å². The van der Waals surface area contributed by atoms with Crippen LogP contribution in [0.5, 0.6) is 11.5 Å². The van der Waals surface area contributed by atoms with E-state index in [-0.39, 0.29) is 48.5 Å². The third-order valence-corrected chi connectivity index (χ3v) is 27.0. The predicted molar refractivity (Wildman–Crippen MR) is 503 cm³/mol. The smallest absolute Gasteiger partial charge is 0.252 e. The fourth-order valence-corrected chi connectivity index (χ4v) is 21.6. The standard InChI is InChI=1S/C106H87B4N7O/c1-103(2,3)64-49-51-82-74(53-64)107-76-59-78-90(61-88(76)113(70-37-23-15-24-38-70)86-47-31-45-84(96(86)107)111(82)68-33-19-13-20-34-68)115(72-41-27-17-28-42-72)92-63-93-99-102-98(92)109(78)80-55-66(105(7,8)9)57-94-100(80)117(102)101-81(56-67(106(10,11)12)58-95(101)118-94)110(99)79-60-77-89(62-91(79)116(93)73-43-29-18-30-44-73)114(71-39-25-16-26-40-71)87-48-32-46-85-97(87)108(77)75-54-65(104(4,5)6)50-52-83(75)112(85)69-35-21-14-22-36-69/h13-63H,1-12H3. The van der Waals surface area contributed by atoms with Gasteiger partial charge in [-0.3, -0.25) is 0 Å². The first-order valence-corrected chi connectivity index (χ1v) is 42.2. The molecule has 118 heavy (non-hydrogen) atoms. The zero-order valence-corrected chi connectivity index (χ0v) is 68.8. The van der Waals surface area contributed by atoms with Crippen LogP contribution >= 0.6 is 0 Å². The average molecular weight is 1520 g/mol. The summed E-state index contributed by atoms with van der Waals surface area (Å²) < 4.78 is 8.02. The Hall–Kier alpha value is -13.0. The van der Waals surface area contributed by atoms with Gasteiger partial charge in [-0.2, -0.15) is 0 Å². The predicted octanol–water partition coefficient (Wildman–Crippen LogP) is 19.8. The molecule has 0 N–H and O–H groups in total. The monoisotopic (exact) mass is 1520 g/mol. The lowest BCUT2D eigenvalue weighted by atomic mass is 9.27. The average Bonchev–Trinajstić information content (AvgIpc) is 0.653. The van der Waals surface area contributed by atoms with Crippen molar-refractivity contribution < 1.29 is 4.74 Å². The molecule has 0 aliphatic carbocycles. The Morgan fingerprint density at radius 3 is 0.737 bits per heavy atom. The summed E-state index contributed by atoms with van der Waals surface area (Å²) in [5.74, 6) is 1.78. The first-order chi connectivity index (χ1) is 57.1. The van der Waals surface area contributed by atoms with E-state index in [0.29, 0.717) is 0 Å². The maximum Gasteiger partial charge on any atom is 0.252 e. The molecule has 0 bridgehead atoms. The molecule has 0 amide bonds. The quantitative estimate of drug-likeness (QED) is 0.152. The van der Waals surface area contributed by atoms with Crippen molar-refractivity contribution in [1.29, 1.82) is 0 Å². The number of rotatable bonds is 6. The van der Waals surface area contributed by atoms with E-state index >= 15 is 0 Å². The summed E-state index contributed by atoms with van der Waals surface area (Å²) in [7, 11) is 0. The van der Waals surface area contributed by atoms with Gasteiger partial charge in [-0.15, -0.1) is 0 Å². The molecule has 15 aromatic carbocycles. The molecular formula is C106H87B4N7O. The summed E-state index contributed by atoms with van der Waals surface area (Å²) in [6, 6.07) is 119. The van der Waals surface area contributed by atoms with Crippen molar-refractivity contribution in [1.82, 2.24) is 0 Å². The minimum absolute atomic E-state index is 0.135. The fourth-order valence-electron chi connectivity index (χ4n) is 21.6. The Morgan fingerprint density at radius 1 is 0.186 bits per heavy atom. The van der Waals surface area contributed by atoms with Crippen LogP contribution in [-0.4, -0.2) is 26.9 Å². The van der Waals surface area contributed by atoms with Gasteiger partial charge in [-0.05, 0) is 249 Å². The van der Waals surface area contributed by atoms with Crippen molar-refractivity contribution in [3.63, 3.8) is 0 Å². The highest BCUT2D eigenvalue weighted by Gasteiger charge is 2.57. The summed E-state index contributed by atoms with van der Waals surface area (Å²) in [5.41, 5.74) is 43.8. The molecule has 0 radical (unpaired) electrons. The minimum atomic E-state index is -0.288. The zero-order valence-electron chi connectivity index (χ0n) is 68.8. The lowest BCUT2D eigenvalue weighted by molar-refractivity contribution is 0.470. The molecule has 9 aliphatic rings. The third-order valence-electron chi connectivity index (χ3n) is 27.0. The molecule has 0 fully saturated rings. The van der Waals surface area contributed by atoms with Gasteiger partial charge in [0.2, 0.25) is 0 Å². The molecule has 0 saturated heterocycles. The van der Waals surface area contributed by atoms with Crippen LogP contribution in [0.25, 0.3) is 0 Å².